The molecule has 0 aliphatic rings. The average Bonchev–Trinajstić information content (AvgIpc) is 3.32. The van der Waals surface area contributed by atoms with Gasteiger partial charge in [-0.2, -0.15) is 0 Å². The van der Waals surface area contributed by atoms with Gasteiger partial charge in [-0.25, -0.2) is 13.1 Å². The summed E-state index contributed by atoms with van der Waals surface area (Å²) in [5.74, 6) is -1.99. The van der Waals surface area contributed by atoms with Gasteiger partial charge in [-0.1, -0.05) is 11.2 Å². The Kier molecular flexibility index (Phi) is 4.78. The summed E-state index contributed by atoms with van der Waals surface area (Å²) in [6.45, 7) is 3.68. The Morgan fingerprint density at radius 1 is 1.20 bits per heavy atom. The van der Waals surface area contributed by atoms with Crippen LogP contribution in [0.5, 0.6) is 0 Å². The van der Waals surface area contributed by atoms with E-state index in [1.807, 2.05) is 0 Å². The number of aryl methyl sites for hydroxylation is 3. The molecule has 0 saturated carbocycles. The van der Waals surface area contributed by atoms with Crippen molar-refractivity contribution in [3.63, 3.8) is 0 Å². The third kappa shape index (κ3) is 4.14. The van der Waals surface area contributed by atoms with E-state index in [0.717, 1.165) is 11.3 Å². The molecule has 0 saturated heterocycles. The number of carbonyl (C=O) groups excluding carboxylic acids is 2. The third-order valence-electron chi connectivity index (χ3n) is 4.47. The molecule has 10 heteroatoms. The van der Waals surface area contributed by atoms with Gasteiger partial charge in [-0.05, 0) is 63.2 Å². The molecule has 8 nitrogen and oxygen atoms in total. The number of sulfonamides is 1. The minimum absolute atomic E-state index is 0.0122. The van der Waals surface area contributed by atoms with Crippen LogP contribution >= 0.6 is 11.3 Å². The number of thiophene rings is 1. The van der Waals surface area contributed by atoms with Crippen LogP contribution in [0.3, 0.4) is 0 Å². The standard InChI is InChI=1S/C20H21N3O5S2/c1-10-8-11(2)17(15(9-10)14(5)24)21-19(25)18-16(6-7-29-18)30(26,27)23-20-12(3)13(4)22-28-20/h6-9,23H,1-5H3,(H,21,25)/i5D3. The topological polar surface area (TPSA) is 118 Å². The van der Waals surface area contributed by atoms with Crippen LogP contribution in [0.15, 0.2) is 33.0 Å². The van der Waals surface area contributed by atoms with Gasteiger partial charge in [0.25, 0.3) is 15.9 Å². The van der Waals surface area contributed by atoms with Gasteiger partial charge in [-0.15, -0.1) is 11.3 Å². The zero-order valence-electron chi connectivity index (χ0n) is 19.6. The molecule has 3 rings (SSSR count). The maximum absolute atomic E-state index is 13.0. The van der Waals surface area contributed by atoms with Crippen LogP contribution in [0, 0.1) is 27.7 Å². The molecule has 0 aliphatic heterocycles. The highest BCUT2D eigenvalue weighted by molar-refractivity contribution is 7.93. The van der Waals surface area contributed by atoms with Crippen molar-refractivity contribution in [2.24, 2.45) is 0 Å². The smallest absolute Gasteiger partial charge is 0.267 e. The third-order valence-corrected chi connectivity index (χ3v) is 6.89. The van der Waals surface area contributed by atoms with E-state index < -0.39 is 28.6 Å². The quantitative estimate of drug-likeness (QED) is 0.543. The van der Waals surface area contributed by atoms with Crippen molar-refractivity contribution in [3.8, 4) is 0 Å². The molecule has 2 aromatic heterocycles. The number of carbonyl (C=O) groups is 2. The van der Waals surface area contributed by atoms with Gasteiger partial charge in [0.15, 0.2) is 5.78 Å². The predicted molar refractivity (Wildman–Crippen MR) is 115 cm³/mol. The first-order chi connectivity index (χ1) is 15.2. The van der Waals surface area contributed by atoms with Gasteiger partial charge in [0, 0.05) is 15.2 Å². The summed E-state index contributed by atoms with van der Waals surface area (Å²) in [5.41, 5.74) is 1.95. The Labute approximate surface area is 182 Å². The van der Waals surface area contributed by atoms with Crippen molar-refractivity contribution in [1.82, 2.24) is 5.16 Å². The summed E-state index contributed by atoms with van der Waals surface area (Å²) in [5, 5.41) is 7.66. The Morgan fingerprint density at radius 3 is 2.57 bits per heavy atom. The molecule has 2 heterocycles. The fourth-order valence-electron chi connectivity index (χ4n) is 2.85. The van der Waals surface area contributed by atoms with Gasteiger partial charge < -0.3 is 9.84 Å². The molecule has 0 spiro atoms. The largest absolute Gasteiger partial charge is 0.337 e. The van der Waals surface area contributed by atoms with Crippen LogP contribution in [-0.2, 0) is 10.0 Å². The fourth-order valence-corrected chi connectivity index (χ4v) is 5.22. The summed E-state index contributed by atoms with van der Waals surface area (Å²) < 4.78 is 55.5. The molecule has 0 unspecified atom stereocenters. The minimum atomic E-state index is -4.20. The summed E-state index contributed by atoms with van der Waals surface area (Å²) in [7, 11) is -4.20. The zero-order valence-corrected chi connectivity index (χ0v) is 18.2. The number of benzene rings is 1. The van der Waals surface area contributed by atoms with Gasteiger partial charge in [0.05, 0.1) is 11.4 Å². The number of ketones is 1. The van der Waals surface area contributed by atoms with Gasteiger partial charge in [0.1, 0.15) is 9.77 Å². The van der Waals surface area contributed by atoms with E-state index in [0.29, 0.717) is 22.4 Å². The van der Waals surface area contributed by atoms with E-state index >= 15 is 0 Å². The molecule has 0 bridgehead atoms. The van der Waals surface area contributed by atoms with Crippen molar-refractivity contribution in [1.29, 1.82) is 0 Å². The molecule has 3 aromatic rings. The summed E-state index contributed by atoms with van der Waals surface area (Å²) in [6, 6.07) is 4.31. The molecule has 0 radical (unpaired) electrons. The highest BCUT2D eigenvalue weighted by atomic mass is 32.2. The van der Waals surface area contributed by atoms with E-state index in [4.69, 9.17) is 8.64 Å². The van der Waals surface area contributed by atoms with Crippen molar-refractivity contribution < 1.29 is 26.6 Å². The fraction of sp³-hybridized carbons (Fsp3) is 0.250. The molecule has 30 heavy (non-hydrogen) atoms. The highest BCUT2D eigenvalue weighted by Crippen LogP contribution is 2.29. The molecule has 0 aliphatic carbocycles. The number of rotatable bonds is 6. The van der Waals surface area contributed by atoms with Crippen LogP contribution in [-0.4, -0.2) is 25.3 Å². The summed E-state index contributed by atoms with van der Waals surface area (Å²) >= 11 is 0.879. The highest BCUT2D eigenvalue weighted by Gasteiger charge is 2.27. The van der Waals surface area contributed by atoms with Crippen molar-refractivity contribution in [2.45, 2.75) is 39.4 Å². The van der Waals surface area contributed by atoms with Gasteiger partial charge >= 0.3 is 0 Å². The number of nitrogens with zero attached hydrogens (tertiary/aromatic N) is 1. The van der Waals surface area contributed by atoms with E-state index in [2.05, 4.69) is 15.2 Å². The Hall–Kier alpha value is -2.98. The molecule has 158 valence electrons. The number of nitrogens with one attached hydrogen (secondary N) is 2. The molecule has 0 fully saturated rings. The molecule has 2 N–H and O–H groups in total. The zero-order chi connectivity index (χ0) is 24.7. The lowest BCUT2D eigenvalue weighted by Gasteiger charge is -2.14. The lowest BCUT2D eigenvalue weighted by molar-refractivity contribution is 0.101. The number of Topliss-reactive ketones (excluding diaryl/α,β-unsaturated/α-hetero) is 1. The maximum atomic E-state index is 13.0. The lowest BCUT2D eigenvalue weighted by atomic mass is 10.0. The van der Waals surface area contributed by atoms with Crippen molar-refractivity contribution in [2.75, 3.05) is 10.0 Å². The summed E-state index contributed by atoms with van der Waals surface area (Å²) in [4.78, 5) is 25.1. The number of amides is 1. The number of anilines is 2. The molecule has 0 atom stereocenters. The Bertz CT molecular complexity index is 1360. The summed E-state index contributed by atoms with van der Waals surface area (Å²) in [6.07, 6.45) is 0. The maximum Gasteiger partial charge on any atom is 0.267 e. The van der Waals surface area contributed by atoms with Crippen molar-refractivity contribution in [3.05, 3.63) is 56.4 Å². The van der Waals surface area contributed by atoms with Gasteiger partial charge in [0.2, 0.25) is 5.88 Å². The second kappa shape index (κ2) is 8.04. The minimum Gasteiger partial charge on any atom is -0.337 e. The molecule has 1 amide bonds. The first-order valence-electron chi connectivity index (χ1n) is 10.2. The Balaban J connectivity index is 1.98. The van der Waals surface area contributed by atoms with E-state index in [1.54, 1.807) is 33.8 Å². The molecular formula is C20H21N3O5S2. The average molecular weight is 451 g/mol. The SMILES string of the molecule is [2H]C([2H])([2H])C(=O)c1cc(C)cc(C)c1NC(=O)c1sccc1S(=O)(=O)Nc1onc(C)c1C. The van der Waals surface area contributed by atoms with E-state index in [-0.39, 0.29) is 26.9 Å². The second-order valence-electron chi connectivity index (χ2n) is 6.73. The number of hydrogen-bond acceptors (Lipinski definition) is 7. The molecular weight excluding hydrogens is 426 g/mol. The van der Waals surface area contributed by atoms with Crippen LogP contribution in [0.25, 0.3) is 0 Å². The first kappa shape index (κ1) is 17.8. The first-order valence-corrected chi connectivity index (χ1v) is 11.1. The lowest BCUT2D eigenvalue weighted by Crippen LogP contribution is -2.20. The number of aromatic nitrogens is 1. The van der Waals surface area contributed by atoms with Crippen LogP contribution in [0.1, 0.15) is 53.4 Å². The van der Waals surface area contributed by atoms with Crippen molar-refractivity contribution >= 4 is 44.6 Å². The van der Waals surface area contributed by atoms with Crippen LogP contribution in [0.4, 0.5) is 11.6 Å². The molecule has 1 aromatic carbocycles. The predicted octanol–water partition coefficient (Wildman–Crippen LogP) is 4.23. The Morgan fingerprint density at radius 2 is 1.93 bits per heavy atom. The second-order valence-corrected chi connectivity index (χ2v) is 9.30. The van der Waals surface area contributed by atoms with Gasteiger partial charge in [-0.3, -0.25) is 9.59 Å². The monoisotopic (exact) mass is 450 g/mol. The van der Waals surface area contributed by atoms with Crippen LogP contribution in [0.2, 0.25) is 0 Å². The van der Waals surface area contributed by atoms with E-state index in [9.17, 15) is 18.0 Å². The van der Waals surface area contributed by atoms with Crippen LogP contribution < -0.4 is 10.0 Å². The number of hydrogen-bond donors (Lipinski definition) is 2. The normalized spacial score (nSPS) is 13.3. The van der Waals surface area contributed by atoms with E-state index in [1.165, 1.54) is 17.5 Å².